The predicted molar refractivity (Wildman–Crippen MR) is 95.1 cm³/mol. The smallest absolute Gasteiger partial charge is 0.275 e. The van der Waals surface area contributed by atoms with Gasteiger partial charge in [-0.25, -0.2) is 4.98 Å². The minimum Gasteiger partial charge on any atom is -0.370 e. The Bertz CT molecular complexity index is 631. The second-order valence-electron chi connectivity index (χ2n) is 4.41. The number of carbonyl (C=O) groups is 1. The Morgan fingerprint density at radius 3 is 2.62 bits per heavy atom. The van der Waals surface area contributed by atoms with Crippen LogP contribution in [0.5, 0.6) is 0 Å². The van der Waals surface area contributed by atoms with Gasteiger partial charge in [0.1, 0.15) is 11.5 Å². The molecule has 0 saturated heterocycles. The number of halogens is 2. The molecule has 6 heteroatoms. The SMILES string of the molecule is CCCNc1ccc(Cl)c(C(=O)Nc2ccc(I)cc2)n1. The lowest BCUT2D eigenvalue weighted by atomic mass is 10.3. The highest BCUT2D eigenvalue weighted by Crippen LogP contribution is 2.19. The Labute approximate surface area is 142 Å². The van der Waals surface area contributed by atoms with Crippen LogP contribution < -0.4 is 10.6 Å². The molecule has 0 bridgehead atoms. The van der Waals surface area contributed by atoms with Crippen molar-refractivity contribution >= 4 is 51.6 Å². The van der Waals surface area contributed by atoms with Crippen LogP contribution in [0.25, 0.3) is 0 Å². The molecule has 1 heterocycles. The lowest BCUT2D eigenvalue weighted by molar-refractivity contribution is 0.102. The first kappa shape index (κ1) is 16.0. The number of carbonyl (C=O) groups excluding carboxylic acids is 1. The van der Waals surface area contributed by atoms with Gasteiger partial charge < -0.3 is 10.6 Å². The number of amides is 1. The molecule has 21 heavy (non-hydrogen) atoms. The van der Waals surface area contributed by atoms with Gasteiger partial charge in [-0.05, 0) is 65.4 Å². The van der Waals surface area contributed by atoms with Gasteiger partial charge in [-0.3, -0.25) is 4.79 Å². The van der Waals surface area contributed by atoms with Gasteiger partial charge in [-0.15, -0.1) is 0 Å². The Kier molecular flexibility index (Phi) is 5.81. The molecule has 0 radical (unpaired) electrons. The molecule has 110 valence electrons. The van der Waals surface area contributed by atoms with Crippen LogP contribution >= 0.6 is 34.2 Å². The van der Waals surface area contributed by atoms with Gasteiger partial charge >= 0.3 is 0 Å². The normalized spacial score (nSPS) is 10.2. The number of aromatic nitrogens is 1. The highest BCUT2D eigenvalue weighted by molar-refractivity contribution is 14.1. The van der Waals surface area contributed by atoms with E-state index in [0.29, 0.717) is 16.5 Å². The van der Waals surface area contributed by atoms with Crippen molar-refractivity contribution in [3.05, 3.63) is 50.7 Å². The van der Waals surface area contributed by atoms with Gasteiger partial charge in [0.25, 0.3) is 5.91 Å². The van der Waals surface area contributed by atoms with E-state index in [-0.39, 0.29) is 11.6 Å². The van der Waals surface area contributed by atoms with Gasteiger partial charge in [0.2, 0.25) is 0 Å². The molecule has 4 nitrogen and oxygen atoms in total. The van der Waals surface area contributed by atoms with Crippen LogP contribution in [0.1, 0.15) is 23.8 Å². The number of nitrogens with zero attached hydrogens (tertiary/aromatic N) is 1. The Morgan fingerprint density at radius 1 is 1.24 bits per heavy atom. The number of pyridine rings is 1. The maximum atomic E-state index is 12.3. The minimum absolute atomic E-state index is 0.219. The highest BCUT2D eigenvalue weighted by Gasteiger charge is 2.13. The van der Waals surface area contributed by atoms with Crippen molar-refractivity contribution in [2.45, 2.75) is 13.3 Å². The van der Waals surface area contributed by atoms with E-state index in [2.05, 4.69) is 45.1 Å². The van der Waals surface area contributed by atoms with Crippen molar-refractivity contribution in [2.24, 2.45) is 0 Å². The van der Waals surface area contributed by atoms with Crippen LogP contribution in [0, 0.1) is 3.57 Å². The molecule has 0 aliphatic carbocycles. The first-order valence-corrected chi connectivity index (χ1v) is 8.03. The Balaban J connectivity index is 2.15. The first-order chi connectivity index (χ1) is 10.1. The van der Waals surface area contributed by atoms with E-state index in [9.17, 15) is 4.79 Å². The van der Waals surface area contributed by atoms with Gasteiger partial charge in [0.05, 0.1) is 5.02 Å². The minimum atomic E-state index is -0.318. The van der Waals surface area contributed by atoms with Crippen molar-refractivity contribution in [2.75, 3.05) is 17.2 Å². The maximum Gasteiger partial charge on any atom is 0.275 e. The van der Waals surface area contributed by atoms with Crippen molar-refractivity contribution < 1.29 is 4.79 Å². The van der Waals surface area contributed by atoms with Gasteiger partial charge in [0, 0.05) is 15.8 Å². The summed E-state index contributed by atoms with van der Waals surface area (Å²) in [4.78, 5) is 16.5. The number of anilines is 2. The molecule has 1 aromatic heterocycles. The lowest BCUT2D eigenvalue weighted by Crippen LogP contribution is -2.15. The van der Waals surface area contributed by atoms with Crippen LogP contribution in [-0.2, 0) is 0 Å². The number of nitrogens with one attached hydrogen (secondary N) is 2. The summed E-state index contributed by atoms with van der Waals surface area (Å²) >= 11 is 8.27. The summed E-state index contributed by atoms with van der Waals surface area (Å²) in [5.41, 5.74) is 0.932. The third-order valence-electron chi connectivity index (χ3n) is 2.72. The second-order valence-corrected chi connectivity index (χ2v) is 6.07. The topological polar surface area (TPSA) is 54.0 Å². The van der Waals surface area contributed by atoms with Crippen LogP contribution in [0.4, 0.5) is 11.5 Å². The van der Waals surface area contributed by atoms with Crippen molar-refractivity contribution in [1.82, 2.24) is 4.98 Å². The molecule has 0 fully saturated rings. The van der Waals surface area contributed by atoms with Crippen molar-refractivity contribution in [1.29, 1.82) is 0 Å². The number of hydrogen-bond donors (Lipinski definition) is 2. The average Bonchev–Trinajstić information content (AvgIpc) is 2.48. The number of benzene rings is 1. The average molecular weight is 416 g/mol. The largest absolute Gasteiger partial charge is 0.370 e. The standard InChI is InChI=1S/C15H15ClIN3O/c1-2-9-18-13-8-7-12(16)14(20-13)15(21)19-11-5-3-10(17)4-6-11/h3-8H,2,9H2,1H3,(H,18,20)(H,19,21). The van der Waals surface area contributed by atoms with Crippen LogP contribution in [0.3, 0.4) is 0 Å². The summed E-state index contributed by atoms with van der Waals surface area (Å²) in [6, 6.07) is 11.0. The Hall–Kier alpha value is -1.34. The fourth-order valence-electron chi connectivity index (χ4n) is 1.68. The summed E-state index contributed by atoms with van der Waals surface area (Å²) in [6.45, 7) is 2.86. The summed E-state index contributed by atoms with van der Waals surface area (Å²) in [5, 5.41) is 6.26. The zero-order chi connectivity index (χ0) is 15.2. The van der Waals surface area contributed by atoms with E-state index >= 15 is 0 Å². The predicted octanol–water partition coefficient (Wildman–Crippen LogP) is 4.41. The van der Waals surface area contributed by atoms with E-state index in [4.69, 9.17) is 11.6 Å². The molecule has 2 rings (SSSR count). The van der Waals surface area contributed by atoms with E-state index in [1.54, 1.807) is 12.1 Å². The highest BCUT2D eigenvalue weighted by atomic mass is 127. The second kappa shape index (κ2) is 7.61. The zero-order valence-corrected chi connectivity index (χ0v) is 14.4. The molecule has 0 saturated carbocycles. The third-order valence-corrected chi connectivity index (χ3v) is 3.74. The fraction of sp³-hybridized carbons (Fsp3) is 0.200. The van der Waals surface area contributed by atoms with Gasteiger partial charge in [0.15, 0.2) is 0 Å². The molecular formula is C15H15ClIN3O. The molecule has 1 aromatic carbocycles. The van der Waals surface area contributed by atoms with E-state index in [1.807, 2.05) is 24.3 Å². The van der Waals surface area contributed by atoms with Crippen LogP contribution in [0.2, 0.25) is 5.02 Å². The summed E-state index contributed by atoms with van der Waals surface area (Å²) in [6.07, 6.45) is 0.981. The van der Waals surface area contributed by atoms with E-state index in [1.165, 1.54) is 0 Å². The number of hydrogen-bond acceptors (Lipinski definition) is 3. The maximum absolute atomic E-state index is 12.3. The fourth-order valence-corrected chi connectivity index (χ4v) is 2.23. The zero-order valence-electron chi connectivity index (χ0n) is 11.5. The molecule has 0 atom stereocenters. The van der Waals surface area contributed by atoms with Gasteiger partial charge in [-0.2, -0.15) is 0 Å². The summed E-state index contributed by atoms with van der Waals surface area (Å²) in [7, 11) is 0. The first-order valence-electron chi connectivity index (χ1n) is 6.57. The number of rotatable bonds is 5. The van der Waals surface area contributed by atoms with Crippen LogP contribution in [0.15, 0.2) is 36.4 Å². The molecule has 0 aliphatic rings. The quantitative estimate of drug-likeness (QED) is 0.711. The molecule has 2 N–H and O–H groups in total. The van der Waals surface area contributed by atoms with Crippen molar-refractivity contribution in [3.63, 3.8) is 0 Å². The Morgan fingerprint density at radius 2 is 1.95 bits per heavy atom. The molecule has 0 spiro atoms. The molecule has 2 aromatic rings. The molecule has 0 unspecified atom stereocenters. The van der Waals surface area contributed by atoms with Crippen molar-refractivity contribution in [3.8, 4) is 0 Å². The molecular weight excluding hydrogens is 401 g/mol. The van der Waals surface area contributed by atoms with E-state index < -0.39 is 0 Å². The van der Waals surface area contributed by atoms with Crippen LogP contribution in [-0.4, -0.2) is 17.4 Å². The lowest BCUT2D eigenvalue weighted by Gasteiger charge is -2.09. The third kappa shape index (κ3) is 4.57. The summed E-state index contributed by atoms with van der Waals surface area (Å²) < 4.78 is 1.10. The van der Waals surface area contributed by atoms with E-state index in [0.717, 1.165) is 16.5 Å². The summed E-state index contributed by atoms with van der Waals surface area (Å²) in [5.74, 6) is 0.329. The molecule has 0 aliphatic heterocycles. The molecule has 1 amide bonds. The monoisotopic (exact) mass is 415 g/mol. The van der Waals surface area contributed by atoms with Gasteiger partial charge in [-0.1, -0.05) is 18.5 Å².